The van der Waals surface area contributed by atoms with Gasteiger partial charge < -0.3 is 20.3 Å². The molecule has 2 aliphatic rings. The van der Waals surface area contributed by atoms with Crippen molar-refractivity contribution in [2.24, 2.45) is 0 Å². The standard InChI is InChI=1S/C18H22N6O3/c19-8-5-18(6-10-23(11-7-18)17(26)27)24-13-4-9-20-16(25)14(13)15(22-24)21-12-2-1-3-12/h4,9,12H,1-3,5-7,10-11H2,(H,20,25)(H,21,22)(H,26,27). The van der Waals surface area contributed by atoms with E-state index in [1.165, 1.54) is 4.90 Å². The molecule has 2 aromatic heterocycles. The largest absolute Gasteiger partial charge is 0.465 e. The van der Waals surface area contributed by atoms with Crippen LogP contribution < -0.4 is 10.9 Å². The third kappa shape index (κ3) is 2.91. The van der Waals surface area contributed by atoms with Gasteiger partial charge in [0.1, 0.15) is 5.39 Å². The molecule has 0 aromatic carbocycles. The lowest BCUT2D eigenvalue weighted by atomic mass is 9.85. The molecule has 1 aliphatic carbocycles. The smallest absolute Gasteiger partial charge is 0.407 e. The zero-order valence-corrected chi connectivity index (χ0v) is 14.9. The number of hydrogen-bond donors (Lipinski definition) is 3. The van der Waals surface area contributed by atoms with E-state index in [0.29, 0.717) is 48.7 Å². The van der Waals surface area contributed by atoms with Crippen molar-refractivity contribution < 1.29 is 9.90 Å². The van der Waals surface area contributed by atoms with Gasteiger partial charge in [0.2, 0.25) is 0 Å². The second-order valence-corrected chi connectivity index (χ2v) is 7.43. The van der Waals surface area contributed by atoms with Gasteiger partial charge in [-0.05, 0) is 38.2 Å². The monoisotopic (exact) mass is 370 g/mol. The molecule has 9 nitrogen and oxygen atoms in total. The first-order chi connectivity index (χ1) is 13.0. The van der Waals surface area contributed by atoms with E-state index < -0.39 is 11.6 Å². The SMILES string of the molecule is N#CCC1(n2nc(NC3CCC3)c3c(=O)[nH]ccc32)CCN(C(=O)O)CC1. The Morgan fingerprint density at radius 2 is 2.19 bits per heavy atom. The van der Waals surface area contributed by atoms with Crippen molar-refractivity contribution in [1.29, 1.82) is 5.26 Å². The van der Waals surface area contributed by atoms with E-state index in [0.717, 1.165) is 19.3 Å². The van der Waals surface area contributed by atoms with Crippen LogP contribution in [0.3, 0.4) is 0 Å². The first kappa shape index (κ1) is 17.4. The summed E-state index contributed by atoms with van der Waals surface area (Å²) in [5.74, 6) is 0.550. The van der Waals surface area contributed by atoms with Gasteiger partial charge in [0, 0.05) is 25.3 Å². The zero-order chi connectivity index (χ0) is 19.0. The summed E-state index contributed by atoms with van der Waals surface area (Å²) in [6, 6.07) is 4.36. The van der Waals surface area contributed by atoms with Gasteiger partial charge in [-0.3, -0.25) is 9.48 Å². The molecule has 2 aromatic rings. The minimum absolute atomic E-state index is 0.212. The summed E-state index contributed by atoms with van der Waals surface area (Å²) in [6.07, 6.45) is 5.09. The predicted octanol–water partition coefficient (Wildman–Crippen LogP) is 2.07. The maximum absolute atomic E-state index is 12.5. The summed E-state index contributed by atoms with van der Waals surface area (Å²) in [5.41, 5.74) is -0.151. The molecule has 2 fully saturated rings. The Labute approximate surface area is 155 Å². The number of amides is 1. The first-order valence-electron chi connectivity index (χ1n) is 9.26. The quantitative estimate of drug-likeness (QED) is 0.756. The average Bonchev–Trinajstić information content (AvgIpc) is 2.99. The molecule has 1 amide bonds. The number of rotatable bonds is 4. The third-order valence-corrected chi connectivity index (χ3v) is 5.87. The van der Waals surface area contributed by atoms with Crippen molar-refractivity contribution in [3.63, 3.8) is 0 Å². The summed E-state index contributed by atoms with van der Waals surface area (Å²) in [4.78, 5) is 27.8. The number of pyridine rings is 1. The molecule has 1 saturated carbocycles. The highest BCUT2D eigenvalue weighted by molar-refractivity contribution is 5.89. The Hall–Kier alpha value is -3.02. The Balaban J connectivity index is 1.79. The molecular formula is C18H22N6O3. The number of carbonyl (C=O) groups is 1. The van der Waals surface area contributed by atoms with Crippen molar-refractivity contribution in [3.05, 3.63) is 22.6 Å². The summed E-state index contributed by atoms with van der Waals surface area (Å²) in [5, 5.41) is 27.3. The molecule has 0 unspecified atom stereocenters. The summed E-state index contributed by atoms with van der Waals surface area (Å²) < 4.78 is 1.79. The fraction of sp³-hybridized carbons (Fsp3) is 0.556. The van der Waals surface area contributed by atoms with Gasteiger partial charge in [0.15, 0.2) is 5.82 Å². The first-order valence-corrected chi connectivity index (χ1v) is 9.26. The van der Waals surface area contributed by atoms with Gasteiger partial charge in [-0.15, -0.1) is 0 Å². The van der Waals surface area contributed by atoms with Crippen LogP contribution in [0.15, 0.2) is 17.1 Å². The lowest BCUT2D eigenvalue weighted by Crippen LogP contribution is -2.48. The van der Waals surface area contributed by atoms with Gasteiger partial charge in [0.05, 0.1) is 23.5 Å². The topological polar surface area (TPSA) is 127 Å². The molecule has 27 heavy (non-hydrogen) atoms. The molecule has 3 heterocycles. The molecule has 0 atom stereocenters. The van der Waals surface area contributed by atoms with Crippen molar-refractivity contribution in [1.82, 2.24) is 19.7 Å². The number of nitrogens with zero attached hydrogens (tertiary/aromatic N) is 4. The van der Waals surface area contributed by atoms with E-state index in [-0.39, 0.29) is 12.0 Å². The molecule has 0 bridgehead atoms. The number of piperidine rings is 1. The fourth-order valence-electron chi connectivity index (χ4n) is 4.01. The lowest BCUT2D eigenvalue weighted by molar-refractivity contribution is 0.0911. The van der Waals surface area contributed by atoms with Crippen LogP contribution >= 0.6 is 0 Å². The minimum atomic E-state index is -0.949. The molecule has 1 saturated heterocycles. The highest BCUT2D eigenvalue weighted by atomic mass is 16.4. The molecule has 4 rings (SSSR count). The predicted molar refractivity (Wildman–Crippen MR) is 98.7 cm³/mol. The van der Waals surface area contributed by atoms with Crippen LogP contribution in [0.25, 0.3) is 10.9 Å². The van der Waals surface area contributed by atoms with Gasteiger partial charge in [0.25, 0.3) is 5.56 Å². The van der Waals surface area contributed by atoms with Crippen LogP contribution in [0, 0.1) is 11.3 Å². The van der Waals surface area contributed by atoms with Gasteiger partial charge >= 0.3 is 6.09 Å². The molecule has 3 N–H and O–H groups in total. The van der Waals surface area contributed by atoms with E-state index in [9.17, 15) is 20.0 Å². The number of H-pyrrole nitrogens is 1. The Bertz CT molecular complexity index is 960. The number of fused-ring (bicyclic) bond motifs is 1. The van der Waals surface area contributed by atoms with E-state index in [1.54, 1.807) is 16.9 Å². The summed E-state index contributed by atoms with van der Waals surface area (Å²) in [6.45, 7) is 0.680. The third-order valence-electron chi connectivity index (χ3n) is 5.87. The normalized spacial score (nSPS) is 19.4. The van der Waals surface area contributed by atoms with Gasteiger partial charge in [-0.2, -0.15) is 10.4 Å². The van der Waals surface area contributed by atoms with E-state index in [2.05, 4.69) is 16.4 Å². The molecule has 0 spiro atoms. The average molecular weight is 370 g/mol. The van der Waals surface area contributed by atoms with Crippen LogP contribution in [-0.4, -0.2) is 50.0 Å². The number of aromatic amines is 1. The second kappa shape index (κ2) is 6.61. The number of carboxylic acid groups (broad SMARTS) is 1. The van der Waals surface area contributed by atoms with Crippen molar-refractivity contribution in [2.45, 2.75) is 50.1 Å². The minimum Gasteiger partial charge on any atom is -0.465 e. The van der Waals surface area contributed by atoms with Crippen LogP contribution in [0.4, 0.5) is 10.6 Å². The Morgan fingerprint density at radius 3 is 2.78 bits per heavy atom. The van der Waals surface area contributed by atoms with Crippen molar-refractivity contribution in [2.75, 3.05) is 18.4 Å². The number of aromatic nitrogens is 3. The van der Waals surface area contributed by atoms with Gasteiger partial charge in [-0.1, -0.05) is 0 Å². The van der Waals surface area contributed by atoms with E-state index in [1.807, 2.05) is 0 Å². The Kier molecular flexibility index (Phi) is 4.26. The van der Waals surface area contributed by atoms with Crippen molar-refractivity contribution in [3.8, 4) is 6.07 Å². The zero-order valence-electron chi connectivity index (χ0n) is 14.9. The number of nitriles is 1. The molecule has 0 radical (unpaired) electrons. The highest BCUT2D eigenvalue weighted by Crippen LogP contribution is 2.37. The fourth-order valence-corrected chi connectivity index (χ4v) is 4.01. The number of hydrogen-bond acceptors (Lipinski definition) is 5. The molecule has 142 valence electrons. The van der Waals surface area contributed by atoms with Crippen LogP contribution in [0.5, 0.6) is 0 Å². The molecule has 1 aliphatic heterocycles. The molecular weight excluding hydrogens is 348 g/mol. The number of likely N-dealkylation sites (tertiary alicyclic amines) is 1. The summed E-state index contributed by atoms with van der Waals surface area (Å²) >= 11 is 0. The van der Waals surface area contributed by atoms with Gasteiger partial charge in [-0.25, -0.2) is 4.79 Å². The number of anilines is 1. The van der Waals surface area contributed by atoms with E-state index >= 15 is 0 Å². The maximum Gasteiger partial charge on any atom is 0.407 e. The van der Waals surface area contributed by atoms with Crippen molar-refractivity contribution >= 4 is 22.8 Å². The Morgan fingerprint density at radius 1 is 1.44 bits per heavy atom. The summed E-state index contributed by atoms with van der Waals surface area (Å²) in [7, 11) is 0. The van der Waals surface area contributed by atoms with Crippen LogP contribution in [0.1, 0.15) is 38.5 Å². The van der Waals surface area contributed by atoms with Crippen LogP contribution in [0.2, 0.25) is 0 Å². The lowest BCUT2D eigenvalue weighted by Gasteiger charge is -2.40. The highest BCUT2D eigenvalue weighted by Gasteiger charge is 2.40. The van der Waals surface area contributed by atoms with E-state index in [4.69, 9.17) is 5.10 Å². The maximum atomic E-state index is 12.5. The van der Waals surface area contributed by atoms with Crippen LogP contribution in [-0.2, 0) is 5.54 Å². The molecule has 9 heteroatoms. The second-order valence-electron chi connectivity index (χ2n) is 7.43. The number of nitrogens with one attached hydrogen (secondary N) is 2.